The zero-order valence-corrected chi connectivity index (χ0v) is 11.5. The van der Waals surface area contributed by atoms with Crippen molar-refractivity contribution in [3.8, 4) is 0 Å². The van der Waals surface area contributed by atoms with Gasteiger partial charge in [-0.2, -0.15) is 8.42 Å². The standard InChI is InChI=1S/C13H18O4S/c1-16-13(10-17-18(2,14)15)9-5-7-11-6-3-4-8-12(11)13/h3-4,6,8H,5,7,9-10H2,1-2H3. The monoisotopic (exact) mass is 270 g/mol. The minimum atomic E-state index is -3.45. The van der Waals surface area contributed by atoms with Gasteiger partial charge in [-0.25, -0.2) is 0 Å². The predicted octanol–water partition coefficient (Wildman–Crippen LogP) is 1.84. The summed E-state index contributed by atoms with van der Waals surface area (Å²) >= 11 is 0. The lowest BCUT2D eigenvalue weighted by atomic mass is 9.79. The minimum absolute atomic E-state index is 0.0410. The van der Waals surface area contributed by atoms with Gasteiger partial charge in [0.2, 0.25) is 0 Å². The van der Waals surface area contributed by atoms with Crippen molar-refractivity contribution in [2.24, 2.45) is 0 Å². The van der Waals surface area contributed by atoms with Gasteiger partial charge in [-0.1, -0.05) is 24.3 Å². The van der Waals surface area contributed by atoms with E-state index in [1.807, 2.05) is 18.2 Å². The van der Waals surface area contributed by atoms with E-state index in [1.165, 1.54) is 5.56 Å². The number of aryl methyl sites for hydroxylation is 1. The maximum Gasteiger partial charge on any atom is 0.264 e. The van der Waals surface area contributed by atoms with Gasteiger partial charge in [0.1, 0.15) is 5.60 Å². The summed E-state index contributed by atoms with van der Waals surface area (Å²) in [6.07, 6.45) is 3.80. The minimum Gasteiger partial charge on any atom is -0.371 e. The van der Waals surface area contributed by atoms with Crippen molar-refractivity contribution in [3.05, 3.63) is 35.4 Å². The van der Waals surface area contributed by atoms with Crippen LogP contribution >= 0.6 is 0 Å². The van der Waals surface area contributed by atoms with Gasteiger partial charge in [-0.05, 0) is 30.4 Å². The molecule has 4 nitrogen and oxygen atoms in total. The third kappa shape index (κ3) is 2.74. The third-order valence-electron chi connectivity index (χ3n) is 3.43. The van der Waals surface area contributed by atoms with Crippen LogP contribution in [-0.4, -0.2) is 28.4 Å². The Bertz CT molecular complexity index is 524. The van der Waals surface area contributed by atoms with Crippen LogP contribution in [0.5, 0.6) is 0 Å². The normalized spacial score (nSPS) is 23.7. The molecular weight excluding hydrogens is 252 g/mol. The highest BCUT2D eigenvalue weighted by Gasteiger charge is 2.37. The van der Waals surface area contributed by atoms with Gasteiger partial charge < -0.3 is 4.74 Å². The van der Waals surface area contributed by atoms with E-state index in [0.29, 0.717) is 0 Å². The van der Waals surface area contributed by atoms with Gasteiger partial charge in [0, 0.05) is 7.11 Å². The predicted molar refractivity (Wildman–Crippen MR) is 68.9 cm³/mol. The molecule has 5 heteroatoms. The van der Waals surface area contributed by atoms with Crippen molar-refractivity contribution in [2.45, 2.75) is 24.9 Å². The molecule has 1 aliphatic rings. The van der Waals surface area contributed by atoms with E-state index in [4.69, 9.17) is 8.92 Å². The van der Waals surface area contributed by atoms with Crippen LogP contribution in [0.4, 0.5) is 0 Å². The molecule has 0 N–H and O–H groups in total. The van der Waals surface area contributed by atoms with Gasteiger partial charge in [0.05, 0.1) is 12.9 Å². The molecule has 0 amide bonds. The van der Waals surface area contributed by atoms with Gasteiger partial charge in [0.25, 0.3) is 10.1 Å². The van der Waals surface area contributed by atoms with Crippen molar-refractivity contribution < 1.29 is 17.3 Å². The number of hydrogen-bond donors (Lipinski definition) is 0. The zero-order chi connectivity index (χ0) is 13.2. The van der Waals surface area contributed by atoms with Crippen LogP contribution in [0.25, 0.3) is 0 Å². The smallest absolute Gasteiger partial charge is 0.264 e. The molecule has 0 aromatic heterocycles. The first kappa shape index (κ1) is 13.5. The Hall–Kier alpha value is -0.910. The fraction of sp³-hybridized carbons (Fsp3) is 0.538. The van der Waals surface area contributed by atoms with Crippen molar-refractivity contribution in [1.82, 2.24) is 0 Å². The van der Waals surface area contributed by atoms with Crippen LogP contribution in [0.2, 0.25) is 0 Å². The Morgan fingerprint density at radius 2 is 2.06 bits per heavy atom. The quantitative estimate of drug-likeness (QED) is 0.783. The Kier molecular flexibility index (Phi) is 3.75. The zero-order valence-electron chi connectivity index (χ0n) is 10.7. The topological polar surface area (TPSA) is 52.6 Å². The first-order valence-electron chi connectivity index (χ1n) is 5.95. The maximum atomic E-state index is 11.2. The molecule has 0 heterocycles. The summed E-state index contributed by atoms with van der Waals surface area (Å²) < 4.78 is 32.9. The highest BCUT2D eigenvalue weighted by molar-refractivity contribution is 7.85. The summed E-state index contributed by atoms with van der Waals surface area (Å²) in [6.45, 7) is 0.0410. The van der Waals surface area contributed by atoms with E-state index in [2.05, 4.69) is 6.07 Å². The third-order valence-corrected chi connectivity index (χ3v) is 3.98. The molecule has 1 aliphatic carbocycles. The van der Waals surface area contributed by atoms with Crippen LogP contribution in [0.1, 0.15) is 24.0 Å². The highest BCUT2D eigenvalue weighted by atomic mass is 32.2. The van der Waals surface area contributed by atoms with Crippen molar-refractivity contribution >= 4 is 10.1 Å². The molecule has 18 heavy (non-hydrogen) atoms. The van der Waals surface area contributed by atoms with E-state index >= 15 is 0 Å². The van der Waals surface area contributed by atoms with Crippen LogP contribution in [0.15, 0.2) is 24.3 Å². The summed E-state index contributed by atoms with van der Waals surface area (Å²) in [5, 5.41) is 0. The molecule has 1 aromatic rings. The van der Waals surface area contributed by atoms with E-state index in [0.717, 1.165) is 31.1 Å². The number of hydrogen-bond acceptors (Lipinski definition) is 4. The Labute approximate surface area is 108 Å². The largest absolute Gasteiger partial charge is 0.371 e. The number of rotatable bonds is 4. The molecule has 100 valence electrons. The molecule has 1 aromatic carbocycles. The molecule has 0 bridgehead atoms. The summed E-state index contributed by atoms with van der Waals surface area (Å²) in [6, 6.07) is 7.98. The van der Waals surface area contributed by atoms with Crippen molar-refractivity contribution in [2.75, 3.05) is 20.0 Å². The highest BCUT2D eigenvalue weighted by Crippen LogP contribution is 2.38. The first-order valence-corrected chi connectivity index (χ1v) is 7.76. The SMILES string of the molecule is COC1(COS(C)(=O)=O)CCCc2ccccc21. The van der Waals surface area contributed by atoms with E-state index < -0.39 is 15.7 Å². The molecule has 0 spiro atoms. The summed E-state index contributed by atoms with van der Waals surface area (Å²) in [7, 11) is -1.85. The Balaban J connectivity index is 2.33. The Morgan fingerprint density at radius 3 is 2.72 bits per heavy atom. The summed E-state index contributed by atoms with van der Waals surface area (Å²) in [4.78, 5) is 0. The van der Waals surface area contributed by atoms with Crippen LogP contribution in [0, 0.1) is 0 Å². The molecule has 0 radical (unpaired) electrons. The number of ether oxygens (including phenoxy) is 1. The second-order valence-electron chi connectivity index (χ2n) is 4.68. The van der Waals surface area contributed by atoms with Crippen molar-refractivity contribution in [3.63, 3.8) is 0 Å². The lowest BCUT2D eigenvalue weighted by Crippen LogP contribution is -2.38. The second-order valence-corrected chi connectivity index (χ2v) is 6.32. The summed E-state index contributed by atoms with van der Waals surface area (Å²) in [5.41, 5.74) is 1.61. The molecule has 1 atom stereocenters. The molecule has 0 saturated carbocycles. The molecule has 2 rings (SSSR count). The molecule has 0 fully saturated rings. The maximum absolute atomic E-state index is 11.2. The number of fused-ring (bicyclic) bond motifs is 1. The van der Waals surface area contributed by atoms with Crippen LogP contribution in [0.3, 0.4) is 0 Å². The summed E-state index contributed by atoms with van der Waals surface area (Å²) in [5.74, 6) is 0. The average molecular weight is 270 g/mol. The molecule has 0 saturated heterocycles. The first-order chi connectivity index (χ1) is 8.47. The van der Waals surface area contributed by atoms with E-state index in [1.54, 1.807) is 7.11 Å². The Morgan fingerprint density at radius 1 is 1.33 bits per heavy atom. The van der Waals surface area contributed by atoms with Crippen LogP contribution in [-0.2, 0) is 31.1 Å². The number of benzene rings is 1. The molecular formula is C13H18O4S. The van der Waals surface area contributed by atoms with Gasteiger partial charge in [0.15, 0.2) is 0 Å². The second kappa shape index (κ2) is 4.99. The van der Waals surface area contributed by atoms with Gasteiger partial charge in [-0.3, -0.25) is 4.18 Å². The van der Waals surface area contributed by atoms with E-state index in [-0.39, 0.29) is 6.61 Å². The molecule has 0 aliphatic heterocycles. The fourth-order valence-electron chi connectivity index (χ4n) is 2.50. The van der Waals surface area contributed by atoms with Crippen molar-refractivity contribution in [1.29, 1.82) is 0 Å². The van der Waals surface area contributed by atoms with Gasteiger partial charge >= 0.3 is 0 Å². The van der Waals surface area contributed by atoms with Crippen LogP contribution < -0.4 is 0 Å². The lowest BCUT2D eigenvalue weighted by molar-refractivity contribution is -0.0600. The average Bonchev–Trinajstić information content (AvgIpc) is 2.35. The lowest BCUT2D eigenvalue weighted by Gasteiger charge is -2.37. The molecule has 1 unspecified atom stereocenters. The van der Waals surface area contributed by atoms with Gasteiger partial charge in [-0.15, -0.1) is 0 Å². The fourth-order valence-corrected chi connectivity index (χ4v) is 2.91. The van der Waals surface area contributed by atoms with E-state index in [9.17, 15) is 8.42 Å². The number of methoxy groups -OCH3 is 1.